The van der Waals surface area contributed by atoms with Crippen molar-refractivity contribution in [3.05, 3.63) is 48.4 Å². The zero-order valence-corrected chi connectivity index (χ0v) is 14.1. The van der Waals surface area contributed by atoms with Crippen LogP contribution in [0.15, 0.2) is 47.1 Å². The van der Waals surface area contributed by atoms with Crippen molar-refractivity contribution in [3.63, 3.8) is 0 Å². The summed E-state index contributed by atoms with van der Waals surface area (Å²) in [6.45, 7) is 2.91. The Balaban J connectivity index is 1.51. The smallest absolute Gasteiger partial charge is 0.171 e. The van der Waals surface area contributed by atoms with Crippen molar-refractivity contribution in [2.24, 2.45) is 0 Å². The number of benzene rings is 1. The molecule has 4 nitrogen and oxygen atoms in total. The summed E-state index contributed by atoms with van der Waals surface area (Å²) in [7, 11) is 0. The molecule has 0 saturated carbocycles. The minimum atomic E-state index is 0.588. The van der Waals surface area contributed by atoms with Gasteiger partial charge in [0.25, 0.3) is 0 Å². The number of rotatable bonds is 4. The second-order valence-electron chi connectivity index (χ2n) is 5.84. The Hall–Kier alpha value is -2.01. The van der Waals surface area contributed by atoms with Crippen LogP contribution in [0.25, 0.3) is 0 Å². The van der Waals surface area contributed by atoms with Gasteiger partial charge in [-0.3, -0.25) is 0 Å². The van der Waals surface area contributed by atoms with E-state index in [9.17, 15) is 0 Å². The molecule has 0 amide bonds. The first-order valence-corrected chi connectivity index (χ1v) is 8.64. The van der Waals surface area contributed by atoms with Gasteiger partial charge in [-0.05, 0) is 61.5 Å². The van der Waals surface area contributed by atoms with Gasteiger partial charge in [0.05, 0.1) is 12.8 Å². The fraction of sp³-hybridized carbons (Fsp3) is 0.389. The van der Waals surface area contributed by atoms with E-state index in [-0.39, 0.29) is 0 Å². The van der Waals surface area contributed by atoms with Crippen molar-refractivity contribution < 1.29 is 4.42 Å². The van der Waals surface area contributed by atoms with E-state index in [1.165, 1.54) is 31.4 Å². The fourth-order valence-electron chi connectivity index (χ4n) is 2.84. The van der Waals surface area contributed by atoms with Crippen LogP contribution >= 0.6 is 12.2 Å². The molecule has 0 spiro atoms. The number of nitrogens with one attached hydrogen (secondary N) is 2. The highest BCUT2D eigenvalue weighted by atomic mass is 32.1. The molecule has 5 heteroatoms. The summed E-state index contributed by atoms with van der Waals surface area (Å²) in [5, 5.41) is 6.94. The molecule has 1 aliphatic heterocycles. The van der Waals surface area contributed by atoms with Gasteiger partial charge < -0.3 is 20.0 Å². The Bertz CT molecular complexity index is 602. The second-order valence-corrected chi connectivity index (χ2v) is 6.24. The molecule has 2 heterocycles. The minimum absolute atomic E-state index is 0.588. The van der Waals surface area contributed by atoms with Gasteiger partial charge in [0.15, 0.2) is 5.11 Å². The van der Waals surface area contributed by atoms with Gasteiger partial charge in [0.1, 0.15) is 5.76 Å². The molecular weight excluding hydrogens is 306 g/mol. The maximum absolute atomic E-state index is 5.31. The van der Waals surface area contributed by atoms with Crippen LogP contribution in [0, 0.1) is 0 Å². The Kier molecular flexibility index (Phi) is 5.53. The summed E-state index contributed by atoms with van der Waals surface area (Å²) in [6.07, 6.45) is 6.95. The standard InChI is InChI=1S/C18H23N3OS/c23-18(19-14-17-6-5-13-22-17)20-15-7-9-16(10-8-15)21-11-3-1-2-4-12-21/h5-10,13H,1-4,11-12,14H2,(H2,19,20,23). The molecule has 0 atom stereocenters. The van der Waals surface area contributed by atoms with Crippen LogP contribution in [0.1, 0.15) is 31.4 Å². The number of thiocarbonyl (C=S) groups is 1. The molecule has 2 N–H and O–H groups in total. The van der Waals surface area contributed by atoms with E-state index in [2.05, 4.69) is 39.8 Å². The van der Waals surface area contributed by atoms with E-state index in [0.29, 0.717) is 11.7 Å². The topological polar surface area (TPSA) is 40.4 Å². The summed E-state index contributed by atoms with van der Waals surface area (Å²) in [5.41, 5.74) is 2.30. The predicted molar refractivity (Wildman–Crippen MR) is 98.9 cm³/mol. The van der Waals surface area contributed by atoms with Crippen molar-refractivity contribution in [3.8, 4) is 0 Å². The first kappa shape index (κ1) is 15.9. The Morgan fingerprint density at radius 3 is 2.43 bits per heavy atom. The number of anilines is 2. The van der Waals surface area contributed by atoms with Crippen LogP contribution in [0.5, 0.6) is 0 Å². The maximum atomic E-state index is 5.31. The zero-order chi connectivity index (χ0) is 15.9. The van der Waals surface area contributed by atoms with E-state index in [1.54, 1.807) is 6.26 Å². The van der Waals surface area contributed by atoms with E-state index >= 15 is 0 Å². The van der Waals surface area contributed by atoms with Crippen LogP contribution in [-0.2, 0) is 6.54 Å². The van der Waals surface area contributed by atoms with Gasteiger partial charge in [-0.2, -0.15) is 0 Å². The second kappa shape index (κ2) is 8.02. The van der Waals surface area contributed by atoms with E-state index in [4.69, 9.17) is 16.6 Å². The van der Waals surface area contributed by atoms with Crippen LogP contribution in [0.3, 0.4) is 0 Å². The number of nitrogens with zero attached hydrogens (tertiary/aromatic N) is 1. The average Bonchev–Trinajstić information content (AvgIpc) is 2.94. The molecule has 0 aliphatic carbocycles. The quantitative estimate of drug-likeness (QED) is 0.825. The third kappa shape index (κ3) is 4.73. The molecule has 1 aliphatic rings. The summed E-state index contributed by atoms with van der Waals surface area (Å²) < 4.78 is 5.27. The first-order chi connectivity index (χ1) is 11.3. The highest BCUT2D eigenvalue weighted by Gasteiger charge is 2.09. The monoisotopic (exact) mass is 329 g/mol. The first-order valence-electron chi connectivity index (χ1n) is 8.23. The lowest BCUT2D eigenvalue weighted by molar-refractivity contribution is 0.503. The molecule has 1 saturated heterocycles. The molecule has 0 bridgehead atoms. The summed E-state index contributed by atoms with van der Waals surface area (Å²) >= 11 is 5.31. The van der Waals surface area contributed by atoms with Crippen LogP contribution in [0.4, 0.5) is 11.4 Å². The molecular formula is C18H23N3OS. The lowest BCUT2D eigenvalue weighted by Crippen LogP contribution is -2.27. The fourth-order valence-corrected chi connectivity index (χ4v) is 3.03. The van der Waals surface area contributed by atoms with Gasteiger partial charge in [-0.1, -0.05) is 12.8 Å². The third-order valence-electron chi connectivity index (χ3n) is 4.10. The zero-order valence-electron chi connectivity index (χ0n) is 13.3. The molecule has 122 valence electrons. The number of hydrogen-bond donors (Lipinski definition) is 2. The normalized spacial score (nSPS) is 15.0. The number of furan rings is 1. The summed E-state index contributed by atoms with van der Waals surface area (Å²) in [5.74, 6) is 0.866. The van der Waals surface area contributed by atoms with Gasteiger partial charge in [0, 0.05) is 24.5 Å². The highest BCUT2D eigenvalue weighted by Crippen LogP contribution is 2.21. The van der Waals surface area contributed by atoms with Crippen LogP contribution in [0.2, 0.25) is 0 Å². The van der Waals surface area contributed by atoms with E-state index < -0.39 is 0 Å². The van der Waals surface area contributed by atoms with Crippen molar-refractivity contribution in [2.45, 2.75) is 32.2 Å². The SMILES string of the molecule is S=C(NCc1ccco1)Nc1ccc(N2CCCCCC2)cc1. The van der Waals surface area contributed by atoms with Crippen molar-refractivity contribution in [1.82, 2.24) is 5.32 Å². The molecule has 3 rings (SSSR count). The van der Waals surface area contributed by atoms with E-state index in [0.717, 1.165) is 24.5 Å². The minimum Gasteiger partial charge on any atom is -0.467 e. The molecule has 1 fully saturated rings. The highest BCUT2D eigenvalue weighted by molar-refractivity contribution is 7.80. The molecule has 1 aromatic heterocycles. The molecule has 2 aromatic rings. The Labute approximate surface area is 142 Å². The van der Waals surface area contributed by atoms with Gasteiger partial charge >= 0.3 is 0 Å². The van der Waals surface area contributed by atoms with Crippen molar-refractivity contribution >= 4 is 28.7 Å². The van der Waals surface area contributed by atoms with Crippen LogP contribution in [-0.4, -0.2) is 18.2 Å². The number of hydrogen-bond acceptors (Lipinski definition) is 3. The molecule has 0 radical (unpaired) electrons. The van der Waals surface area contributed by atoms with Crippen molar-refractivity contribution in [2.75, 3.05) is 23.3 Å². The largest absolute Gasteiger partial charge is 0.467 e. The van der Waals surface area contributed by atoms with Crippen molar-refractivity contribution in [1.29, 1.82) is 0 Å². The lowest BCUT2D eigenvalue weighted by atomic mass is 10.2. The lowest BCUT2D eigenvalue weighted by Gasteiger charge is -2.23. The maximum Gasteiger partial charge on any atom is 0.171 e. The predicted octanol–water partition coefficient (Wildman–Crippen LogP) is 4.15. The average molecular weight is 329 g/mol. The van der Waals surface area contributed by atoms with Gasteiger partial charge in [-0.25, -0.2) is 0 Å². The van der Waals surface area contributed by atoms with Gasteiger partial charge in [0.2, 0.25) is 0 Å². The molecule has 0 unspecified atom stereocenters. The molecule has 23 heavy (non-hydrogen) atoms. The summed E-state index contributed by atoms with van der Waals surface area (Å²) in [4.78, 5) is 2.48. The van der Waals surface area contributed by atoms with Crippen LogP contribution < -0.4 is 15.5 Å². The third-order valence-corrected chi connectivity index (χ3v) is 4.35. The van der Waals surface area contributed by atoms with E-state index in [1.807, 2.05) is 12.1 Å². The summed E-state index contributed by atoms with van der Waals surface area (Å²) in [6, 6.07) is 12.3. The molecule has 1 aromatic carbocycles. The Morgan fingerprint density at radius 2 is 1.78 bits per heavy atom. The van der Waals surface area contributed by atoms with Gasteiger partial charge in [-0.15, -0.1) is 0 Å². The Morgan fingerprint density at radius 1 is 1.04 bits per heavy atom.